The third-order valence-electron chi connectivity index (χ3n) is 3.58. The van der Waals surface area contributed by atoms with Gasteiger partial charge in [0.25, 0.3) is 0 Å². The number of anilines is 1. The Morgan fingerprint density at radius 1 is 1.47 bits per heavy atom. The maximum absolute atomic E-state index is 5.69. The molecule has 3 rings (SSSR count). The summed E-state index contributed by atoms with van der Waals surface area (Å²) in [5.41, 5.74) is 8.47. The number of hydrogen-bond donors (Lipinski definition) is 1. The standard InChI is InChI=1S/C12H17N5/c1-16-4-2-3-11(16)5-9-6-15-17-8-10(13)7-14-12(9)17/h6-8,11H,2-5,13H2,1H3. The first-order valence-electron chi connectivity index (χ1n) is 6.02. The van der Waals surface area contributed by atoms with E-state index in [9.17, 15) is 0 Å². The molecular formula is C12H17N5. The highest BCUT2D eigenvalue weighted by atomic mass is 15.2. The van der Waals surface area contributed by atoms with Gasteiger partial charge in [-0.15, -0.1) is 0 Å². The summed E-state index contributed by atoms with van der Waals surface area (Å²) in [6.45, 7) is 1.20. The highest BCUT2D eigenvalue weighted by Crippen LogP contribution is 2.21. The second-order valence-corrected chi connectivity index (χ2v) is 4.81. The molecule has 17 heavy (non-hydrogen) atoms. The molecule has 0 aromatic carbocycles. The molecule has 5 nitrogen and oxygen atoms in total. The molecule has 5 heteroatoms. The van der Waals surface area contributed by atoms with E-state index in [1.54, 1.807) is 10.7 Å². The van der Waals surface area contributed by atoms with Gasteiger partial charge in [-0.1, -0.05) is 0 Å². The van der Waals surface area contributed by atoms with Crippen molar-refractivity contribution >= 4 is 11.3 Å². The van der Waals surface area contributed by atoms with Crippen molar-refractivity contribution in [2.75, 3.05) is 19.3 Å². The van der Waals surface area contributed by atoms with E-state index in [4.69, 9.17) is 5.73 Å². The van der Waals surface area contributed by atoms with E-state index in [-0.39, 0.29) is 0 Å². The van der Waals surface area contributed by atoms with Crippen LogP contribution in [0.3, 0.4) is 0 Å². The Morgan fingerprint density at radius 2 is 2.35 bits per heavy atom. The minimum absolute atomic E-state index is 0.627. The average Bonchev–Trinajstić information content (AvgIpc) is 2.87. The molecule has 0 radical (unpaired) electrons. The van der Waals surface area contributed by atoms with Gasteiger partial charge in [0.15, 0.2) is 5.65 Å². The molecule has 2 aromatic heterocycles. The third-order valence-corrected chi connectivity index (χ3v) is 3.58. The molecule has 1 unspecified atom stereocenters. The van der Waals surface area contributed by atoms with Gasteiger partial charge in [-0.3, -0.25) is 0 Å². The van der Waals surface area contributed by atoms with Crippen molar-refractivity contribution in [1.29, 1.82) is 0 Å². The molecule has 1 atom stereocenters. The van der Waals surface area contributed by atoms with Gasteiger partial charge in [0.1, 0.15) is 0 Å². The summed E-state index contributed by atoms with van der Waals surface area (Å²) in [6, 6.07) is 0.627. The highest BCUT2D eigenvalue weighted by molar-refractivity contribution is 5.49. The predicted octanol–water partition coefficient (Wildman–Crippen LogP) is 0.948. The fourth-order valence-electron chi connectivity index (χ4n) is 2.57. The number of fused-ring (bicyclic) bond motifs is 1. The summed E-state index contributed by atoms with van der Waals surface area (Å²) in [6.07, 6.45) is 9.00. The maximum Gasteiger partial charge on any atom is 0.158 e. The van der Waals surface area contributed by atoms with Gasteiger partial charge >= 0.3 is 0 Å². The number of rotatable bonds is 2. The molecular weight excluding hydrogens is 214 g/mol. The van der Waals surface area contributed by atoms with Crippen molar-refractivity contribution in [1.82, 2.24) is 19.5 Å². The van der Waals surface area contributed by atoms with E-state index < -0.39 is 0 Å². The Balaban J connectivity index is 1.90. The zero-order valence-corrected chi connectivity index (χ0v) is 10.0. The van der Waals surface area contributed by atoms with Crippen molar-refractivity contribution < 1.29 is 0 Å². The third kappa shape index (κ3) is 1.86. The van der Waals surface area contributed by atoms with E-state index in [1.165, 1.54) is 24.9 Å². The molecule has 0 amide bonds. The lowest BCUT2D eigenvalue weighted by atomic mass is 10.1. The van der Waals surface area contributed by atoms with Gasteiger partial charge in [0.2, 0.25) is 0 Å². The van der Waals surface area contributed by atoms with E-state index in [1.807, 2.05) is 12.4 Å². The molecule has 1 saturated heterocycles. The normalized spacial score (nSPS) is 21.4. The summed E-state index contributed by atoms with van der Waals surface area (Å²) in [7, 11) is 2.19. The van der Waals surface area contributed by atoms with Gasteiger partial charge in [-0.25, -0.2) is 9.50 Å². The maximum atomic E-state index is 5.69. The zero-order chi connectivity index (χ0) is 11.8. The van der Waals surface area contributed by atoms with E-state index in [0.717, 1.165) is 12.1 Å². The second-order valence-electron chi connectivity index (χ2n) is 4.81. The summed E-state index contributed by atoms with van der Waals surface area (Å²) in [5.74, 6) is 0. The van der Waals surface area contributed by atoms with Crippen molar-refractivity contribution in [3.63, 3.8) is 0 Å². The van der Waals surface area contributed by atoms with Gasteiger partial charge < -0.3 is 10.6 Å². The number of hydrogen-bond acceptors (Lipinski definition) is 4. The Kier molecular flexibility index (Phi) is 2.48. The molecule has 0 aliphatic carbocycles. The topological polar surface area (TPSA) is 59.5 Å². The monoisotopic (exact) mass is 231 g/mol. The Bertz CT molecular complexity index is 533. The van der Waals surface area contributed by atoms with Crippen LogP contribution in [0, 0.1) is 0 Å². The first-order chi connectivity index (χ1) is 8.24. The van der Waals surface area contributed by atoms with Crippen LogP contribution in [-0.4, -0.2) is 39.1 Å². The van der Waals surface area contributed by atoms with Crippen LogP contribution in [0.5, 0.6) is 0 Å². The molecule has 3 heterocycles. The van der Waals surface area contributed by atoms with E-state index in [2.05, 4.69) is 22.0 Å². The van der Waals surface area contributed by atoms with Crippen LogP contribution >= 0.6 is 0 Å². The van der Waals surface area contributed by atoms with E-state index in [0.29, 0.717) is 11.7 Å². The van der Waals surface area contributed by atoms with Crippen LogP contribution in [0.4, 0.5) is 5.69 Å². The molecule has 0 saturated carbocycles. The minimum atomic E-state index is 0.627. The lowest BCUT2D eigenvalue weighted by molar-refractivity contribution is 0.309. The van der Waals surface area contributed by atoms with Crippen LogP contribution in [0.15, 0.2) is 18.6 Å². The average molecular weight is 231 g/mol. The van der Waals surface area contributed by atoms with Crippen molar-refractivity contribution in [2.45, 2.75) is 25.3 Å². The fraction of sp³-hybridized carbons (Fsp3) is 0.500. The summed E-state index contributed by atoms with van der Waals surface area (Å²) < 4.78 is 1.76. The lowest BCUT2D eigenvalue weighted by Gasteiger charge is -2.18. The molecule has 90 valence electrons. The second kappa shape index (κ2) is 4.00. The number of likely N-dealkylation sites (N-methyl/N-ethyl adjacent to an activating group) is 1. The molecule has 2 N–H and O–H groups in total. The van der Waals surface area contributed by atoms with Crippen LogP contribution in [-0.2, 0) is 6.42 Å². The number of aromatic nitrogens is 3. The summed E-state index contributed by atoms with van der Waals surface area (Å²) in [5, 5.41) is 4.30. The zero-order valence-electron chi connectivity index (χ0n) is 10.0. The largest absolute Gasteiger partial charge is 0.396 e. The highest BCUT2D eigenvalue weighted by Gasteiger charge is 2.22. The Hall–Kier alpha value is -1.62. The van der Waals surface area contributed by atoms with Crippen LogP contribution in [0.2, 0.25) is 0 Å². The number of nitrogens with zero attached hydrogens (tertiary/aromatic N) is 4. The van der Waals surface area contributed by atoms with Crippen molar-refractivity contribution in [2.24, 2.45) is 0 Å². The number of nitrogen functional groups attached to an aromatic ring is 1. The van der Waals surface area contributed by atoms with Gasteiger partial charge in [0.05, 0.1) is 24.3 Å². The first-order valence-corrected chi connectivity index (χ1v) is 6.02. The summed E-state index contributed by atoms with van der Waals surface area (Å²) >= 11 is 0. The van der Waals surface area contributed by atoms with Gasteiger partial charge in [0, 0.05) is 11.6 Å². The molecule has 2 aromatic rings. The minimum Gasteiger partial charge on any atom is -0.396 e. The number of likely N-dealkylation sites (tertiary alicyclic amines) is 1. The van der Waals surface area contributed by atoms with Crippen molar-refractivity contribution in [3.05, 3.63) is 24.2 Å². The smallest absolute Gasteiger partial charge is 0.158 e. The molecule has 1 aliphatic heterocycles. The van der Waals surface area contributed by atoms with Crippen LogP contribution in [0.25, 0.3) is 5.65 Å². The molecule has 0 bridgehead atoms. The quantitative estimate of drug-likeness (QED) is 0.836. The van der Waals surface area contributed by atoms with E-state index >= 15 is 0 Å². The molecule has 1 aliphatic rings. The molecule has 1 fully saturated rings. The fourth-order valence-corrected chi connectivity index (χ4v) is 2.57. The van der Waals surface area contributed by atoms with Crippen LogP contribution < -0.4 is 5.73 Å². The van der Waals surface area contributed by atoms with Gasteiger partial charge in [-0.2, -0.15) is 5.10 Å². The first kappa shape index (κ1) is 10.5. The van der Waals surface area contributed by atoms with Crippen LogP contribution in [0.1, 0.15) is 18.4 Å². The van der Waals surface area contributed by atoms with Gasteiger partial charge in [-0.05, 0) is 32.9 Å². The SMILES string of the molecule is CN1CCCC1Cc1cnn2cc(N)cnc12. The summed E-state index contributed by atoms with van der Waals surface area (Å²) in [4.78, 5) is 6.78. The van der Waals surface area contributed by atoms with Crippen molar-refractivity contribution in [3.8, 4) is 0 Å². The Labute approximate surface area is 100 Å². The Morgan fingerprint density at radius 3 is 3.12 bits per heavy atom. The predicted molar refractivity (Wildman–Crippen MR) is 66.8 cm³/mol. The lowest BCUT2D eigenvalue weighted by Crippen LogP contribution is -2.26. The molecule has 0 spiro atoms. The number of nitrogens with two attached hydrogens (primary N) is 1.